The van der Waals surface area contributed by atoms with Crippen molar-refractivity contribution in [3.8, 4) is 0 Å². The average molecular weight is 1350 g/mol. The molecule has 0 unspecified atom stereocenters. The van der Waals surface area contributed by atoms with Crippen molar-refractivity contribution in [1.29, 1.82) is 0 Å². The molecule has 21 atom stereocenters. The van der Waals surface area contributed by atoms with Crippen LogP contribution in [0.3, 0.4) is 0 Å². The Kier molecular flexibility index (Phi) is 22.9. The summed E-state index contributed by atoms with van der Waals surface area (Å²) in [5.41, 5.74) is -0.976. The number of rotatable bonds is 25. The van der Waals surface area contributed by atoms with Crippen LogP contribution in [0.2, 0.25) is 0 Å². The Hall–Kier alpha value is -6.62. The molecule has 4 saturated carbocycles. The minimum atomic E-state index is -2.23. The normalized spacial score (nSPS) is 36.7. The number of hydrogen-bond donors (Lipinski definition) is 12. The standard InChI is InChI=1S/C70H98N4O22/c1-65(2)45-24-27-70(7)55(44(75)34-40-41-35-67(4,62(87)88)29-28-66(41,3)30-31-69(40,70)6)68(45,5)26-25-46(65)93-61-54(50(79)49(78)53(95-61)57(82)74-43(59(85)86)23-15-17-33-72-64(90)92-37-39-20-12-9-13-21-39)96-60-51(80)47(76)48(77)52(94-60)56(81)73-42(58(83)84)22-14-16-32-71-63(89)91-36-38-18-10-8-11-19-38/h8-13,18-21,34,41-43,45-55,60-61,76-80H,14-17,22-33,35-37H2,1-7H3,(H,71,89)(H,72,90)(H,73,81)(H,74,82)(H,83,84)(H,85,86)(H,87,88)/t41-,42-,43-,45-,46-,47-,48-,49-,50-,51+,52-,53-,54+,55+,60-,61+,66+,67-,68-,69+,70+/m0/s1. The van der Waals surface area contributed by atoms with Crippen LogP contribution in [0, 0.1) is 50.2 Å². The second-order valence-electron chi connectivity index (χ2n) is 29.7. The lowest BCUT2D eigenvalue weighted by atomic mass is 9.33. The van der Waals surface area contributed by atoms with E-state index in [0.717, 1.165) is 36.0 Å². The highest BCUT2D eigenvalue weighted by molar-refractivity contribution is 5.96. The number of nitrogens with one attached hydrogen (secondary N) is 4. The zero-order valence-corrected chi connectivity index (χ0v) is 55.8. The van der Waals surface area contributed by atoms with E-state index in [2.05, 4.69) is 49.0 Å². The molecule has 2 heterocycles. The number of aliphatic carboxylic acids is 3. The second-order valence-corrected chi connectivity index (χ2v) is 29.7. The molecule has 0 radical (unpaired) electrons. The number of aliphatic hydroxyl groups excluding tert-OH is 5. The van der Waals surface area contributed by atoms with Crippen molar-refractivity contribution in [3.63, 3.8) is 0 Å². The Bertz CT molecular complexity index is 3170. The predicted octanol–water partition coefficient (Wildman–Crippen LogP) is 5.41. The maximum Gasteiger partial charge on any atom is 0.407 e. The number of carboxylic acid groups (broad SMARTS) is 3. The number of aliphatic hydroxyl groups is 5. The maximum atomic E-state index is 15.3. The Labute approximate surface area is 558 Å². The lowest BCUT2D eigenvalue weighted by molar-refractivity contribution is -0.369. The van der Waals surface area contributed by atoms with Crippen LogP contribution in [0.15, 0.2) is 72.3 Å². The third kappa shape index (κ3) is 15.2. The van der Waals surface area contributed by atoms with Crippen LogP contribution < -0.4 is 21.3 Å². The van der Waals surface area contributed by atoms with Gasteiger partial charge >= 0.3 is 30.1 Å². The van der Waals surface area contributed by atoms with E-state index in [1.807, 2.05) is 39.0 Å². The molecule has 96 heavy (non-hydrogen) atoms. The van der Waals surface area contributed by atoms with Gasteiger partial charge in [-0.25, -0.2) is 19.2 Å². The molecule has 0 spiro atoms. The van der Waals surface area contributed by atoms with Crippen LogP contribution in [0.4, 0.5) is 9.59 Å². The smallest absolute Gasteiger partial charge is 0.407 e. The van der Waals surface area contributed by atoms with Gasteiger partial charge < -0.3 is 90.5 Å². The highest BCUT2D eigenvalue weighted by Gasteiger charge is 2.71. The lowest BCUT2D eigenvalue weighted by Crippen LogP contribution is -2.69. The minimum absolute atomic E-state index is 0.00273. The third-order valence-electron chi connectivity index (χ3n) is 23.3. The molecule has 4 amide bonds. The fourth-order valence-electron chi connectivity index (χ4n) is 17.3. The van der Waals surface area contributed by atoms with Gasteiger partial charge in [0.25, 0.3) is 11.8 Å². The van der Waals surface area contributed by atoms with Crippen molar-refractivity contribution in [3.05, 3.63) is 83.4 Å². The lowest BCUT2D eigenvalue weighted by Gasteiger charge is -2.70. The van der Waals surface area contributed by atoms with E-state index >= 15 is 4.79 Å². The number of carboxylic acids is 3. The first-order chi connectivity index (χ1) is 45.3. The average Bonchev–Trinajstić information content (AvgIpc) is 0.673. The van der Waals surface area contributed by atoms with Crippen molar-refractivity contribution in [2.24, 2.45) is 50.2 Å². The fraction of sp³-hybridized carbons (Fsp3) is 0.686. The van der Waals surface area contributed by atoms with E-state index in [0.29, 0.717) is 32.1 Å². The molecule has 2 aromatic rings. The van der Waals surface area contributed by atoms with Gasteiger partial charge in [-0.2, -0.15) is 0 Å². The summed E-state index contributed by atoms with van der Waals surface area (Å²) in [5, 5.41) is 98.8. The number of unbranched alkanes of at least 4 members (excludes halogenated alkanes) is 2. The van der Waals surface area contributed by atoms with Crippen LogP contribution >= 0.6 is 0 Å². The van der Waals surface area contributed by atoms with Gasteiger partial charge in [0.05, 0.1) is 11.5 Å². The van der Waals surface area contributed by atoms with Gasteiger partial charge in [0.15, 0.2) is 30.6 Å². The topological polar surface area (TPSA) is 402 Å². The summed E-state index contributed by atoms with van der Waals surface area (Å²) in [5.74, 6) is -6.99. The molecular weight excluding hydrogens is 1250 g/mol. The SMILES string of the molecule is CC1(C)[C@@H](O[C@@H]2O[C@H](C(=O)N[C@@H](CCCCNC(=O)OCc3ccccc3)C(=O)O)[C@@H](O)[C@H](O)[C@H]2O[C@@H]2O[C@H](C(=O)N[C@@H](CCCCNC(=O)OCc3ccccc3)C(=O)O)[C@@H](O)[C@H](O)[C@H]2O)CC[C@]2(C)[C@H]3C(=O)C=C4[C@@H]5C[C@@](C)(C(=O)O)CC[C@]5(C)CC[C@@]4(C)[C@]3(C)CC[C@@H]12. The number of fused-ring (bicyclic) bond motifs is 7. The monoisotopic (exact) mass is 1350 g/mol. The number of alkyl carbamates (subject to hydrolysis) is 2. The van der Waals surface area contributed by atoms with Gasteiger partial charge in [0.2, 0.25) is 0 Å². The molecule has 2 aromatic carbocycles. The van der Waals surface area contributed by atoms with Gasteiger partial charge in [-0.3, -0.25) is 19.2 Å². The van der Waals surface area contributed by atoms with E-state index in [1.165, 1.54) is 0 Å². The first kappa shape index (κ1) is 73.6. The highest BCUT2D eigenvalue weighted by Crippen LogP contribution is 2.75. The van der Waals surface area contributed by atoms with Crippen LogP contribution in [0.25, 0.3) is 0 Å². The molecule has 2 aliphatic heterocycles. The summed E-state index contributed by atoms with van der Waals surface area (Å²) < 4.78 is 35.7. The number of hydrogen-bond acceptors (Lipinski definition) is 19. The van der Waals surface area contributed by atoms with Gasteiger partial charge in [-0.05, 0) is 159 Å². The highest BCUT2D eigenvalue weighted by atomic mass is 16.8. The fourth-order valence-corrected chi connectivity index (χ4v) is 17.3. The summed E-state index contributed by atoms with van der Waals surface area (Å²) in [6.07, 6.45) is -15.7. The molecular formula is C70H98N4O22. The number of carbonyl (C=O) groups excluding carboxylic acids is 5. The maximum absolute atomic E-state index is 15.3. The van der Waals surface area contributed by atoms with Crippen LogP contribution in [-0.2, 0) is 70.4 Å². The summed E-state index contributed by atoms with van der Waals surface area (Å²) in [6, 6.07) is 14.8. The van der Waals surface area contributed by atoms with Crippen LogP contribution in [0.5, 0.6) is 0 Å². The number of ether oxygens (including phenoxy) is 6. The summed E-state index contributed by atoms with van der Waals surface area (Å²) in [6.45, 7) is 14.9. The number of carbonyl (C=O) groups is 8. The minimum Gasteiger partial charge on any atom is -0.481 e. The Balaban J connectivity index is 0.913. The molecule has 26 nitrogen and oxygen atoms in total. The third-order valence-corrected chi connectivity index (χ3v) is 23.3. The number of allylic oxidation sites excluding steroid dienone is 2. The number of ketones is 1. The van der Waals surface area contributed by atoms with E-state index in [-0.39, 0.29) is 94.3 Å². The first-order valence-corrected chi connectivity index (χ1v) is 33.8. The van der Waals surface area contributed by atoms with Crippen molar-refractivity contribution < 1.29 is 108 Å². The molecule has 2 saturated heterocycles. The molecule has 5 aliphatic carbocycles. The zero-order chi connectivity index (χ0) is 69.9. The number of benzene rings is 2. The molecule has 0 bridgehead atoms. The van der Waals surface area contributed by atoms with E-state index < -0.39 is 155 Å². The quantitative estimate of drug-likeness (QED) is 0.0437. The van der Waals surface area contributed by atoms with Gasteiger partial charge in [-0.1, -0.05) is 108 Å². The zero-order valence-electron chi connectivity index (χ0n) is 55.8. The summed E-state index contributed by atoms with van der Waals surface area (Å²) >= 11 is 0. The van der Waals surface area contributed by atoms with Crippen LogP contribution in [0.1, 0.15) is 156 Å². The molecule has 9 rings (SSSR count). The van der Waals surface area contributed by atoms with Crippen molar-refractivity contribution in [1.82, 2.24) is 21.3 Å². The molecule has 530 valence electrons. The van der Waals surface area contributed by atoms with Gasteiger partial charge in [0.1, 0.15) is 61.9 Å². The Morgan fingerprint density at radius 3 is 1.61 bits per heavy atom. The summed E-state index contributed by atoms with van der Waals surface area (Å²) in [7, 11) is 0. The first-order valence-electron chi connectivity index (χ1n) is 33.8. The van der Waals surface area contributed by atoms with E-state index in [4.69, 9.17) is 28.4 Å². The molecule has 6 fully saturated rings. The van der Waals surface area contributed by atoms with E-state index in [9.17, 15) is 74.4 Å². The molecule has 7 aliphatic rings. The second kappa shape index (κ2) is 29.8. The van der Waals surface area contributed by atoms with Crippen molar-refractivity contribution >= 4 is 47.7 Å². The van der Waals surface area contributed by atoms with Crippen molar-refractivity contribution in [2.45, 2.75) is 238 Å². The summed E-state index contributed by atoms with van der Waals surface area (Å²) in [4.78, 5) is 106. The molecule has 26 heteroatoms. The molecule has 12 N–H and O–H groups in total. The van der Waals surface area contributed by atoms with E-state index in [1.54, 1.807) is 48.5 Å². The Morgan fingerprint density at radius 1 is 0.583 bits per heavy atom. The number of amides is 4. The Morgan fingerprint density at radius 2 is 1.09 bits per heavy atom. The molecule has 0 aromatic heterocycles. The largest absolute Gasteiger partial charge is 0.481 e. The van der Waals surface area contributed by atoms with Gasteiger partial charge in [0, 0.05) is 19.0 Å². The van der Waals surface area contributed by atoms with Crippen LogP contribution in [-0.4, -0.2) is 181 Å². The van der Waals surface area contributed by atoms with Gasteiger partial charge in [-0.15, -0.1) is 0 Å². The predicted molar refractivity (Wildman–Crippen MR) is 340 cm³/mol. The van der Waals surface area contributed by atoms with Crippen molar-refractivity contribution in [2.75, 3.05) is 13.1 Å².